The first-order valence-corrected chi connectivity index (χ1v) is 6.90. The summed E-state index contributed by atoms with van der Waals surface area (Å²) in [6, 6.07) is 0. The molecule has 5 nitrogen and oxygen atoms in total. The first-order chi connectivity index (χ1) is 8.48. The van der Waals surface area contributed by atoms with E-state index in [1.807, 2.05) is 4.68 Å². The zero-order valence-corrected chi connectivity index (χ0v) is 11.8. The molecule has 0 amide bonds. The Hall–Kier alpha value is -1.10. The highest BCUT2D eigenvalue weighted by molar-refractivity contribution is 5.37. The van der Waals surface area contributed by atoms with Crippen LogP contribution in [0.15, 0.2) is 0 Å². The van der Waals surface area contributed by atoms with Crippen LogP contribution in [0.2, 0.25) is 0 Å². The Kier molecular flexibility index (Phi) is 3.90. The molecule has 2 N–H and O–H groups in total. The van der Waals surface area contributed by atoms with Crippen molar-refractivity contribution in [3.63, 3.8) is 0 Å². The molecule has 1 aromatic rings. The van der Waals surface area contributed by atoms with Gasteiger partial charge in [0.2, 0.25) is 0 Å². The third-order valence-electron chi connectivity index (χ3n) is 3.55. The second-order valence-electron chi connectivity index (χ2n) is 6.20. The van der Waals surface area contributed by atoms with Crippen LogP contribution in [0, 0.1) is 0 Å². The van der Waals surface area contributed by atoms with Crippen molar-refractivity contribution in [3.8, 4) is 0 Å². The highest BCUT2D eigenvalue weighted by Gasteiger charge is 2.24. The molecule has 0 bridgehead atoms. The minimum absolute atomic E-state index is 0.00448. The molecule has 0 aliphatic carbocycles. The van der Waals surface area contributed by atoms with Gasteiger partial charge in [-0.1, -0.05) is 32.4 Å². The summed E-state index contributed by atoms with van der Waals surface area (Å²) in [6.07, 6.45) is 4.03. The molecule has 0 aromatic carbocycles. The van der Waals surface area contributed by atoms with Crippen molar-refractivity contribution >= 4 is 5.82 Å². The van der Waals surface area contributed by atoms with Gasteiger partial charge in [0.25, 0.3) is 0 Å². The lowest BCUT2D eigenvalue weighted by Gasteiger charge is -2.27. The highest BCUT2D eigenvalue weighted by Crippen LogP contribution is 2.25. The standard InChI is InChI=1S/C13H25N5/c1-13(2,3)11-12(14)15-16-18(11)10-9-17-7-5-4-6-8-17/h4-10,14H2,1-3H3. The molecule has 102 valence electrons. The lowest BCUT2D eigenvalue weighted by molar-refractivity contribution is 0.215. The molecule has 1 saturated heterocycles. The smallest absolute Gasteiger partial charge is 0.169 e. The van der Waals surface area contributed by atoms with Crippen molar-refractivity contribution in [2.45, 2.75) is 52.0 Å². The molecule has 1 fully saturated rings. The number of likely N-dealkylation sites (tertiary alicyclic amines) is 1. The molecule has 2 rings (SSSR count). The van der Waals surface area contributed by atoms with Crippen LogP contribution in [0.5, 0.6) is 0 Å². The monoisotopic (exact) mass is 251 g/mol. The summed E-state index contributed by atoms with van der Waals surface area (Å²) in [7, 11) is 0. The van der Waals surface area contributed by atoms with Crippen LogP contribution in [-0.2, 0) is 12.0 Å². The predicted octanol–water partition coefficient (Wildman–Crippen LogP) is 1.64. The van der Waals surface area contributed by atoms with Gasteiger partial charge >= 0.3 is 0 Å². The number of nitrogens with zero attached hydrogens (tertiary/aromatic N) is 4. The largest absolute Gasteiger partial charge is 0.381 e. The van der Waals surface area contributed by atoms with Crippen molar-refractivity contribution in [1.29, 1.82) is 0 Å². The van der Waals surface area contributed by atoms with E-state index >= 15 is 0 Å². The first kappa shape index (κ1) is 13.3. The molecule has 0 spiro atoms. The van der Waals surface area contributed by atoms with E-state index in [9.17, 15) is 0 Å². The van der Waals surface area contributed by atoms with Gasteiger partial charge in [0.15, 0.2) is 5.82 Å². The predicted molar refractivity (Wildman–Crippen MR) is 73.4 cm³/mol. The summed E-state index contributed by atoms with van der Waals surface area (Å²) in [5.41, 5.74) is 6.98. The number of nitrogen functional groups attached to an aromatic ring is 1. The fourth-order valence-corrected chi connectivity index (χ4v) is 2.67. The van der Waals surface area contributed by atoms with Crippen LogP contribution in [0.25, 0.3) is 0 Å². The quantitative estimate of drug-likeness (QED) is 0.887. The van der Waals surface area contributed by atoms with Gasteiger partial charge in [-0.15, -0.1) is 5.10 Å². The van der Waals surface area contributed by atoms with Crippen molar-refractivity contribution in [1.82, 2.24) is 19.9 Å². The Morgan fingerprint density at radius 1 is 1.11 bits per heavy atom. The Bertz CT molecular complexity index is 385. The van der Waals surface area contributed by atoms with Gasteiger partial charge < -0.3 is 10.6 Å². The number of hydrogen-bond acceptors (Lipinski definition) is 4. The third kappa shape index (κ3) is 3.02. The minimum Gasteiger partial charge on any atom is -0.381 e. The van der Waals surface area contributed by atoms with Crippen LogP contribution in [0.4, 0.5) is 5.82 Å². The summed E-state index contributed by atoms with van der Waals surface area (Å²) in [5, 5.41) is 8.20. The van der Waals surface area contributed by atoms with Crippen LogP contribution >= 0.6 is 0 Å². The summed E-state index contributed by atoms with van der Waals surface area (Å²) in [6.45, 7) is 10.8. The Morgan fingerprint density at radius 3 is 2.39 bits per heavy atom. The maximum Gasteiger partial charge on any atom is 0.169 e. The van der Waals surface area contributed by atoms with Crippen LogP contribution < -0.4 is 5.73 Å². The summed E-state index contributed by atoms with van der Waals surface area (Å²) < 4.78 is 1.98. The molecule has 5 heteroatoms. The molecular weight excluding hydrogens is 226 g/mol. The summed E-state index contributed by atoms with van der Waals surface area (Å²) in [5.74, 6) is 0.571. The van der Waals surface area contributed by atoms with Gasteiger partial charge in [0.05, 0.1) is 12.2 Å². The van der Waals surface area contributed by atoms with Crippen LogP contribution in [0.3, 0.4) is 0 Å². The number of aromatic nitrogens is 3. The van der Waals surface area contributed by atoms with Crippen molar-refractivity contribution in [2.75, 3.05) is 25.4 Å². The third-order valence-corrected chi connectivity index (χ3v) is 3.55. The zero-order valence-electron chi connectivity index (χ0n) is 11.8. The van der Waals surface area contributed by atoms with Gasteiger partial charge in [-0.05, 0) is 25.9 Å². The molecule has 1 aliphatic heterocycles. The van der Waals surface area contributed by atoms with E-state index in [0.717, 1.165) is 18.8 Å². The molecule has 2 heterocycles. The lowest BCUT2D eigenvalue weighted by Crippen LogP contribution is -2.33. The first-order valence-electron chi connectivity index (χ1n) is 6.90. The van der Waals surface area contributed by atoms with Gasteiger partial charge in [0, 0.05) is 12.0 Å². The fraction of sp³-hybridized carbons (Fsp3) is 0.846. The molecule has 0 saturated carbocycles. The highest BCUT2D eigenvalue weighted by atomic mass is 15.5. The van der Waals surface area contributed by atoms with E-state index < -0.39 is 0 Å². The second kappa shape index (κ2) is 5.26. The molecule has 1 aromatic heterocycles. The Morgan fingerprint density at radius 2 is 1.78 bits per heavy atom. The average molecular weight is 251 g/mol. The van der Waals surface area contributed by atoms with Crippen LogP contribution in [-0.4, -0.2) is 39.5 Å². The Balaban J connectivity index is 2.01. The van der Waals surface area contributed by atoms with Crippen molar-refractivity contribution in [2.24, 2.45) is 0 Å². The van der Waals surface area contributed by atoms with E-state index in [0.29, 0.717) is 5.82 Å². The molecule has 1 aliphatic rings. The minimum atomic E-state index is -0.00448. The maximum absolute atomic E-state index is 5.93. The van der Waals surface area contributed by atoms with Crippen molar-refractivity contribution in [3.05, 3.63) is 5.69 Å². The van der Waals surface area contributed by atoms with Gasteiger partial charge in [0.1, 0.15) is 0 Å². The van der Waals surface area contributed by atoms with E-state index in [1.54, 1.807) is 0 Å². The molecular formula is C13H25N5. The number of nitrogens with two attached hydrogens (primary N) is 1. The van der Waals surface area contributed by atoms with E-state index in [2.05, 4.69) is 36.0 Å². The van der Waals surface area contributed by atoms with Crippen molar-refractivity contribution < 1.29 is 0 Å². The number of hydrogen-bond donors (Lipinski definition) is 1. The SMILES string of the molecule is CC(C)(C)c1c(N)nnn1CCN1CCCCC1. The molecule has 0 radical (unpaired) electrons. The number of piperidine rings is 1. The molecule has 0 unspecified atom stereocenters. The van der Waals surface area contributed by atoms with Gasteiger partial charge in [-0.25, -0.2) is 4.68 Å². The van der Waals surface area contributed by atoms with Gasteiger partial charge in [-0.2, -0.15) is 0 Å². The second-order valence-corrected chi connectivity index (χ2v) is 6.20. The summed E-state index contributed by atoms with van der Waals surface area (Å²) in [4.78, 5) is 2.51. The Labute approximate surface area is 109 Å². The fourth-order valence-electron chi connectivity index (χ4n) is 2.67. The van der Waals surface area contributed by atoms with Gasteiger partial charge in [-0.3, -0.25) is 0 Å². The molecule has 0 atom stereocenters. The van der Waals surface area contributed by atoms with Crippen LogP contribution in [0.1, 0.15) is 45.7 Å². The lowest BCUT2D eigenvalue weighted by atomic mass is 9.92. The summed E-state index contributed by atoms with van der Waals surface area (Å²) >= 11 is 0. The van der Waals surface area contributed by atoms with E-state index in [1.165, 1.54) is 32.4 Å². The zero-order chi connectivity index (χ0) is 13.2. The number of anilines is 1. The normalized spacial score (nSPS) is 18.2. The molecule has 18 heavy (non-hydrogen) atoms. The average Bonchev–Trinajstić information content (AvgIpc) is 2.69. The maximum atomic E-state index is 5.93. The van der Waals surface area contributed by atoms with E-state index in [-0.39, 0.29) is 5.41 Å². The number of rotatable bonds is 3. The topological polar surface area (TPSA) is 60.0 Å². The van der Waals surface area contributed by atoms with E-state index in [4.69, 9.17) is 5.73 Å².